The molecule has 5 heteroatoms. The highest BCUT2D eigenvalue weighted by atomic mass is 79.9. The summed E-state index contributed by atoms with van der Waals surface area (Å²) in [7, 11) is 0. The van der Waals surface area contributed by atoms with E-state index in [4.69, 9.17) is 17.3 Å². The number of carbonyl (C=O) groups is 1. The molecule has 3 nitrogen and oxygen atoms in total. The number of nitrogens with two attached hydrogens (primary N) is 1. The fourth-order valence-electron chi connectivity index (χ4n) is 2.26. The first kappa shape index (κ1) is 13.8. The van der Waals surface area contributed by atoms with Crippen molar-refractivity contribution >= 4 is 39.1 Å². The van der Waals surface area contributed by atoms with Crippen molar-refractivity contribution in [2.75, 3.05) is 11.9 Å². The molecule has 2 rings (SSSR count). The largest absolute Gasteiger partial charge is 0.330 e. The van der Waals surface area contributed by atoms with Crippen molar-refractivity contribution in [1.82, 2.24) is 0 Å². The van der Waals surface area contributed by atoms with Gasteiger partial charge in [-0.1, -0.05) is 18.0 Å². The van der Waals surface area contributed by atoms with Crippen molar-refractivity contribution in [2.24, 2.45) is 11.1 Å². The van der Waals surface area contributed by atoms with Gasteiger partial charge in [-0.15, -0.1) is 0 Å². The molecule has 1 fully saturated rings. The molecule has 0 aliphatic heterocycles. The highest BCUT2D eigenvalue weighted by molar-refractivity contribution is 9.10. The van der Waals surface area contributed by atoms with Gasteiger partial charge in [0.05, 0.1) is 5.69 Å². The molecule has 0 bridgehead atoms. The maximum Gasteiger partial charge on any atom is 0.225 e. The predicted molar refractivity (Wildman–Crippen MR) is 77.7 cm³/mol. The van der Waals surface area contributed by atoms with E-state index in [0.717, 1.165) is 23.0 Å². The molecule has 0 atom stereocenters. The lowest BCUT2D eigenvalue weighted by molar-refractivity contribution is -0.119. The summed E-state index contributed by atoms with van der Waals surface area (Å²) in [5.41, 5.74) is 6.53. The van der Waals surface area contributed by atoms with E-state index in [-0.39, 0.29) is 11.3 Å². The first-order valence-corrected chi connectivity index (χ1v) is 7.17. The normalized spacial score (nSPS) is 17.1. The third-order valence-corrected chi connectivity index (χ3v) is 4.48. The average molecular weight is 332 g/mol. The van der Waals surface area contributed by atoms with Gasteiger partial charge in [0.1, 0.15) is 0 Å². The number of benzene rings is 1. The summed E-state index contributed by atoms with van der Waals surface area (Å²) in [6.07, 6.45) is 3.78. The Balaban J connectivity index is 1.98. The molecule has 0 saturated heterocycles. The van der Waals surface area contributed by atoms with Crippen LogP contribution in [0.25, 0.3) is 0 Å². The smallest absolute Gasteiger partial charge is 0.225 e. The topological polar surface area (TPSA) is 55.1 Å². The fraction of sp³-hybridized carbons (Fsp3) is 0.462. The van der Waals surface area contributed by atoms with Crippen LogP contribution in [0.1, 0.15) is 25.7 Å². The van der Waals surface area contributed by atoms with Crippen molar-refractivity contribution < 1.29 is 4.79 Å². The Bertz CT molecular complexity index is 455. The average Bonchev–Trinajstić information content (AvgIpc) is 2.27. The minimum atomic E-state index is 0.0168. The Hall–Kier alpha value is -0.580. The molecule has 0 radical (unpaired) electrons. The van der Waals surface area contributed by atoms with Gasteiger partial charge in [-0.2, -0.15) is 0 Å². The number of nitrogens with one attached hydrogen (secondary N) is 1. The summed E-state index contributed by atoms with van der Waals surface area (Å²) in [6.45, 7) is 0.586. The second-order valence-corrected chi connectivity index (χ2v) is 6.20. The Morgan fingerprint density at radius 3 is 2.72 bits per heavy atom. The van der Waals surface area contributed by atoms with Crippen LogP contribution in [0.2, 0.25) is 5.02 Å². The molecule has 1 aromatic carbocycles. The number of hydrogen-bond donors (Lipinski definition) is 2. The lowest BCUT2D eigenvalue weighted by Crippen LogP contribution is -2.40. The zero-order valence-corrected chi connectivity index (χ0v) is 12.4. The number of carbonyl (C=O) groups excluding carboxylic acids is 1. The van der Waals surface area contributed by atoms with Crippen LogP contribution in [-0.2, 0) is 4.79 Å². The lowest BCUT2D eigenvalue weighted by atomic mass is 9.66. The Morgan fingerprint density at radius 1 is 1.50 bits per heavy atom. The van der Waals surface area contributed by atoms with Crippen LogP contribution >= 0.6 is 27.5 Å². The number of rotatable bonds is 4. The highest BCUT2D eigenvalue weighted by Gasteiger charge is 2.37. The molecule has 1 saturated carbocycles. The predicted octanol–water partition coefficient (Wildman–Crippen LogP) is 3.56. The third-order valence-electron chi connectivity index (χ3n) is 3.59. The van der Waals surface area contributed by atoms with Crippen molar-refractivity contribution in [3.05, 3.63) is 27.7 Å². The molecule has 3 N–H and O–H groups in total. The van der Waals surface area contributed by atoms with Gasteiger partial charge in [-0.05, 0) is 58.9 Å². The van der Waals surface area contributed by atoms with Crippen LogP contribution in [0.4, 0.5) is 5.69 Å². The third kappa shape index (κ3) is 3.05. The van der Waals surface area contributed by atoms with Crippen LogP contribution in [0.5, 0.6) is 0 Å². The molecule has 1 aromatic rings. The molecule has 0 spiro atoms. The van der Waals surface area contributed by atoms with Crippen LogP contribution in [-0.4, -0.2) is 12.5 Å². The number of amides is 1. The fourth-order valence-corrected chi connectivity index (χ4v) is 3.04. The number of anilines is 1. The van der Waals surface area contributed by atoms with Gasteiger partial charge in [0.25, 0.3) is 0 Å². The second kappa shape index (κ2) is 5.59. The van der Waals surface area contributed by atoms with Gasteiger partial charge in [0.2, 0.25) is 5.91 Å². The minimum absolute atomic E-state index is 0.0168. The van der Waals surface area contributed by atoms with E-state index < -0.39 is 0 Å². The van der Waals surface area contributed by atoms with Gasteiger partial charge in [-0.25, -0.2) is 0 Å². The number of hydrogen-bond acceptors (Lipinski definition) is 2. The summed E-state index contributed by atoms with van der Waals surface area (Å²) in [6, 6.07) is 5.31. The maximum absolute atomic E-state index is 12.0. The van der Waals surface area contributed by atoms with E-state index in [0.29, 0.717) is 18.0 Å². The molecule has 1 aliphatic rings. The van der Waals surface area contributed by atoms with Gasteiger partial charge in [-0.3, -0.25) is 4.79 Å². The molecular weight excluding hydrogens is 316 g/mol. The monoisotopic (exact) mass is 330 g/mol. The van der Waals surface area contributed by atoms with E-state index in [2.05, 4.69) is 21.2 Å². The minimum Gasteiger partial charge on any atom is -0.330 e. The van der Waals surface area contributed by atoms with E-state index in [1.807, 2.05) is 0 Å². The van der Waals surface area contributed by atoms with Crippen molar-refractivity contribution in [3.8, 4) is 0 Å². The van der Waals surface area contributed by atoms with Gasteiger partial charge in [0, 0.05) is 15.9 Å². The first-order valence-electron chi connectivity index (χ1n) is 6.00. The zero-order chi connectivity index (χ0) is 13.2. The van der Waals surface area contributed by atoms with Crippen LogP contribution in [0, 0.1) is 5.41 Å². The van der Waals surface area contributed by atoms with Gasteiger partial charge >= 0.3 is 0 Å². The summed E-state index contributed by atoms with van der Waals surface area (Å²) >= 11 is 9.23. The van der Waals surface area contributed by atoms with Gasteiger partial charge in [0.15, 0.2) is 0 Å². The summed E-state index contributed by atoms with van der Waals surface area (Å²) in [5, 5.41) is 3.53. The Labute approximate surface area is 120 Å². The molecule has 0 heterocycles. The van der Waals surface area contributed by atoms with Crippen LogP contribution < -0.4 is 11.1 Å². The van der Waals surface area contributed by atoms with Crippen molar-refractivity contribution in [3.63, 3.8) is 0 Å². The van der Waals surface area contributed by atoms with E-state index in [1.54, 1.807) is 18.2 Å². The molecule has 18 heavy (non-hydrogen) atoms. The maximum atomic E-state index is 12.0. The second-order valence-electron chi connectivity index (χ2n) is 4.91. The molecule has 1 amide bonds. The summed E-state index contributed by atoms with van der Waals surface area (Å²) in [4.78, 5) is 12.0. The highest BCUT2D eigenvalue weighted by Crippen LogP contribution is 2.43. The summed E-state index contributed by atoms with van der Waals surface area (Å²) < 4.78 is 0.791. The lowest BCUT2D eigenvalue weighted by Gasteiger charge is -2.40. The van der Waals surface area contributed by atoms with Crippen molar-refractivity contribution in [1.29, 1.82) is 0 Å². The molecular formula is C13H16BrClN2O. The Kier molecular flexibility index (Phi) is 4.30. The van der Waals surface area contributed by atoms with E-state index in [9.17, 15) is 4.79 Å². The molecule has 98 valence electrons. The quantitative estimate of drug-likeness (QED) is 0.886. The van der Waals surface area contributed by atoms with E-state index >= 15 is 0 Å². The SMILES string of the molecule is NCC1(CC(=O)Nc2ccc(Cl)cc2Br)CCC1. The molecule has 0 aromatic heterocycles. The molecule has 0 unspecified atom stereocenters. The molecule has 1 aliphatic carbocycles. The summed E-state index contributed by atoms with van der Waals surface area (Å²) in [5.74, 6) is 0.0168. The van der Waals surface area contributed by atoms with Crippen molar-refractivity contribution in [2.45, 2.75) is 25.7 Å². The van der Waals surface area contributed by atoms with Crippen LogP contribution in [0.3, 0.4) is 0 Å². The Morgan fingerprint density at radius 2 is 2.22 bits per heavy atom. The zero-order valence-electron chi connectivity index (χ0n) is 10.0. The number of halogens is 2. The van der Waals surface area contributed by atoms with E-state index in [1.165, 1.54) is 6.42 Å². The van der Waals surface area contributed by atoms with Gasteiger partial charge < -0.3 is 11.1 Å². The first-order chi connectivity index (χ1) is 8.54. The van der Waals surface area contributed by atoms with Crippen LogP contribution in [0.15, 0.2) is 22.7 Å². The standard InChI is InChI=1S/C13H16BrClN2O/c14-10-6-9(15)2-3-11(10)17-12(18)7-13(8-16)4-1-5-13/h2-3,6H,1,4-5,7-8,16H2,(H,17,18).